The molecule has 0 aromatic carbocycles. The predicted octanol–water partition coefficient (Wildman–Crippen LogP) is 2.37. The third-order valence-corrected chi connectivity index (χ3v) is 5.37. The highest BCUT2D eigenvalue weighted by molar-refractivity contribution is 4.95. The van der Waals surface area contributed by atoms with Crippen LogP contribution < -0.4 is 5.32 Å². The molecule has 21 heavy (non-hydrogen) atoms. The highest BCUT2D eigenvalue weighted by Crippen LogP contribution is 2.35. The van der Waals surface area contributed by atoms with Gasteiger partial charge in [0.25, 0.3) is 0 Å². The lowest BCUT2D eigenvalue weighted by molar-refractivity contribution is 0.0296. The van der Waals surface area contributed by atoms with Gasteiger partial charge in [-0.1, -0.05) is 6.42 Å². The van der Waals surface area contributed by atoms with E-state index in [0.29, 0.717) is 6.04 Å². The van der Waals surface area contributed by atoms with Crippen molar-refractivity contribution < 1.29 is 0 Å². The summed E-state index contributed by atoms with van der Waals surface area (Å²) in [4.78, 5) is 6.79. The highest BCUT2D eigenvalue weighted by atomic mass is 15.2. The van der Waals surface area contributed by atoms with Gasteiger partial charge in [-0.2, -0.15) is 0 Å². The van der Waals surface area contributed by atoms with Crippen LogP contribution in [0.15, 0.2) is 18.7 Å². The fraction of sp³-hybridized carbons (Fsp3) is 0.824. The van der Waals surface area contributed by atoms with Crippen molar-refractivity contribution in [2.75, 3.05) is 19.6 Å². The zero-order valence-electron chi connectivity index (χ0n) is 13.5. The van der Waals surface area contributed by atoms with Crippen molar-refractivity contribution in [3.63, 3.8) is 0 Å². The van der Waals surface area contributed by atoms with Crippen LogP contribution in [0.5, 0.6) is 0 Å². The fourth-order valence-corrected chi connectivity index (χ4v) is 4.18. The Morgan fingerprint density at radius 3 is 2.62 bits per heavy atom. The molecule has 1 aromatic rings. The van der Waals surface area contributed by atoms with Gasteiger partial charge in [0.05, 0.1) is 6.33 Å². The van der Waals surface area contributed by atoms with Gasteiger partial charge in [-0.15, -0.1) is 0 Å². The molecule has 3 rings (SSSR count). The monoisotopic (exact) mass is 290 g/mol. The average molecular weight is 290 g/mol. The van der Waals surface area contributed by atoms with Crippen molar-refractivity contribution in [3.8, 4) is 0 Å². The zero-order chi connectivity index (χ0) is 14.7. The van der Waals surface area contributed by atoms with Crippen molar-refractivity contribution in [1.29, 1.82) is 0 Å². The van der Waals surface area contributed by atoms with Gasteiger partial charge in [0.1, 0.15) is 0 Å². The summed E-state index contributed by atoms with van der Waals surface area (Å²) in [5, 5.41) is 3.89. The Bertz CT molecular complexity index is 400. The molecule has 1 saturated carbocycles. The molecule has 2 aliphatic rings. The molecule has 4 heteroatoms. The summed E-state index contributed by atoms with van der Waals surface area (Å²) in [5.74, 6) is 1.74. The minimum atomic E-state index is 0.704. The molecule has 2 heterocycles. The summed E-state index contributed by atoms with van der Waals surface area (Å²) in [6.07, 6.45) is 11.3. The van der Waals surface area contributed by atoms with E-state index >= 15 is 0 Å². The van der Waals surface area contributed by atoms with Crippen LogP contribution in [0.3, 0.4) is 0 Å². The van der Waals surface area contributed by atoms with Gasteiger partial charge >= 0.3 is 0 Å². The molecule has 2 fully saturated rings. The maximum Gasteiger partial charge on any atom is 0.0945 e. The van der Waals surface area contributed by atoms with E-state index in [9.17, 15) is 0 Å². The summed E-state index contributed by atoms with van der Waals surface area (Å²) >= 11 is 0. The first-order chi connectivity index (χ1) is 10.2. The lowest BCUT2D eigenvalue weighted by Gasteiger charge is -2.49. The number of likely N-dealkylation sites (tertiary alicyclic amines) is 1. The summed E-state index contributed by atoms with van der Waals surface area (Å²) in [6.45, 7) is 9.49. The largest absolute Gasteiger partial charge is 0.337 e. The van der Waals surface area contributed by atoms with Crippen LogP contribution >= 0.6 is 0 Å². The Morgan fingerprint density at radius 1 is 1.24 bits per heavy atom. The quantitative estimate of drug-likeness (QED) is 0.817. The van der Waals surface area contributed by atoms with E-state index in [2.05, 4.69) is 39.8 Å². The number of aryl methyl sites for hydroxylation is 1. The second kappa shape index (κ2) is 6.93. The van der Waals surface area contributed by atoms with E-state index in [0.717, 1.165) is 31.0 Å². The van der Waals surface area contributed by atoms with E-state index in [4.69, 9.17) is 0 Å². The van der Waals surface area contributed by atoms with Gasteiger partial charge in [0, 0.05) is 44.1 Å². The maximum atomic E-state index is 4.10. The van der Waals surface area contributed by atoms with Crippen molar-refractivity contribution in [2.45, 2.75) is 58.2 Å². The third kappa shape index (κ3) is 3.67. The fourth-order valence-electron chi connectivity index (χ4n) is 4.18. The number of nitrogens with one attached hydrogen (secondary N) is 1. The number of aromatic nitrogens is 2. The van der Waals surface area contributed by atoms with Crippen LogP contribution in [0.2, 0.25) is 0 Å². The first-order valence-corrected chi connectivity index (χ1v) is 8.67. The Hall–Kier alpha value is -0.870. The van der Waals surface area contributed by atoms with Crippen molar-refractivity contribution in [1.82, 2.24) is 19.8 Å². The first kappa shape index (κ1) is 15.0. The molecular weight excluding hydrogens is 260 g/mol. The summed E-state index contributed by atoms with van der Waals surface area (Å²) in [5.41, 5.74) is 0. The van der Waals surface area contributed by atoms with Gasteiger partial charge in [-0.3, -0.25) is 0 Å². The van der Waals surface area contributed by atoms with Crippen LogP contribution in [0.4, 0.5) is 0 Å². The third-order valence-electron chi connectivity index (χ3n) is 5.37. The second-order valence-electron chi connectivity index (χ2n) is 7.13. The average Bonchev–Trinajstić information content (AvgIpc) is 2.95. The summed E-state index contributed by atoms with van der Waals surface area (Å²) < 4.78 is 2.17. The molecule has 1 aromatic heterocycles. The molecule has 1 aliphatic heterocycles. The Labute approximate surface area is 128 Å². The van der Waals surface area contributed by atoms with E-state index in [-0.39, 0.29) is 0 Å². The molecule has 1 N–H and O–H groups in total. The lowest BCUT2D eigenvalue weighted by atomic mass is 9.73. The smallest absolute Gasteiger partial charge is 0.0945 e. The van der Waals surface area contributed by atoms with Gasteiger partial charge < -0.3 is 14.8 Å². The molecule has 2 unspecified atom stereocenters. The topological polar surface area (TPSA) is 33.1 Å². The molecule has 0 amide bonds. The van der Waals surface area contributed by atoms with Crippen molar-refractivity contribution >= 4 is 0 Å². The SMILES string of the molecule is CC(C)N1CC2CCCC(C1)C2NCCCn1ccnc1. The lowest BCUT2D eigenvalue weighted by Crippen LogP contribution is -2.58. The molecule has 0 spiro atoms. The molecule has 2 atom stereocenters. The maximum absolute atomic E-state index is 4.10. The Balaban J connectivity index is 1.46. The number of nitrogens with zero attached hydrogens (tertiary/aromatic N) is 3. The van der Waals surface area contributed by atoms with Crippen LogP contribution in [0, 0.1) is 11.8 Å². The second-order valence-corrected chi connectivity index (χ2v) is 7.13. The van der Waals surface area contributed by atoms with Gasteiger partial charge in [0.15, 0.2) is 0 Å². The minimum Gasteiger partial charge on any atom is -0.337 e. The Morgan fingerprint density at radius 2 is 2.00 bits per heavy atom. The zero-order valence-corrected chi connectivity index (χ0v) is 13.5. The number of fused-ring (bicyclic) bond motifs is 2. The van der Waals surface area contributed by atoms with E-state index in [1.165, 1.54) is 38.8 Å². The van der Waals surface area contributed by atoms with Gasteiger partial charge in [0.2, 0.25) is 0 Å². The summed E-state index contributed by atoms with van der Waals surface area (Å²) in [6, 6.07) is 1.46. The molecule has 0 radical (unpaired) electrons. The van der Waals surface area contributed by atoms with Crippen LogP contribution in [0.25, 0.3) is 0 Å². The molecule has 118 valence electrons. The number of rotatable bonds is 6. The molecule has 1 saturated heterocycles. The van der Waals surface area contributed by atoms with E-state index in [1.807, 2.05) is 12.5 Å². The molecular formula is C17H30N4. The normalized spacial score (nSPS) is 30.0. The molecule has 4 nitrogen and oxygen atoms in total. The molecule has 2 bridgehead atoms. The van der Waals surface area contributed by atoms with Crippen molar-refractivity contribution in [2.24, 2.45) is 11.8 Å². The molecule has 1 aliphatic carbocycles. The van der Waals surface area contributed by atoms with E-state index in [1.54, 1.807) is 0 Å². The highest BCUT2D eigenvalue weighted by Gasteiger charge is 2.39. The first-order valence-electron chi connectivity index (χ1n) is 8.67. The number of hydrogen-bond acceptors (Lipinski definition) is 3. The number of hydrogen-bond donors (Lipinski definition) is 1. The van der Waals surface area contributed by atoms with Crippen molar-refractivity contribution in [3.05, 3.63) is 18.7 Å². The van der Waals surface area contributed by atoms with Crippen LogP contribution in [-0.4, -0.2) is 46.2 Å². The predicted molar refractivity (Wildman–Crippen MR) is 86.2 cm³/mol. The van der Waals surface area contributed by atoms with Gasteiger partial charge in [-0.25, -0.2) is 4.98 Å². The number of imidazole rings is 1. The van der Waals surface area contributed by atoms with Crippen LogP contribution in [0.1, 0.15) is 39.5 Å². The summed E-state index contributed by atoms with van der Waals surface area (Å²) in [7, 11) is 0. The van der Waals surface area contributed by atoms with Crippen LogP contribution in [-0.2, 0) is 6.54 Å². The Kier molecular flexibility index (Phi) is 4.96. The minimum absolute atomic E-state index is 0.704. The number of piperidine rings is 1. The standard InChI is InChI=1S/C17H30N4/c1-14(2)21-11-15-5-3-6-16(12-21)17(15)19-7-4-9-20-10-8-18-13-20/h8,10,13-17,19H,3-7,9,11-12H2,1-2H3. The van der Waals surface area contributed by atoms with Gasteiger partial charge in [-0.05, 0) is 51.5 Å². The van der Waals surface area contributed by atoms with E-state index < -0.39 is 0 Å².